The zero-order valence-electron chi connectivity index (χ0n) is 9.79. The van der Waals surface area contributed by atoms with Crippen molar-refractivity contribution in [1.82, 2.24) is 0 Å². The van der Waals surface area contributed by atoms with Crippen LogP contribution in [0.15, 0.2) is 0 Å². The Balaban J connectivity index is -0.0000000225. The molecule has 0 bridgehead atoms. The van der Waals surface area contributed by atoms with Crippen LogP contribution < -0.4 is 0 Å². The third-order valence-electron chi connectivity index (χ3n) is 0. The summed E-state index contributed by atoms with van der Waals surface area (Å²) in [7, 11) is -18.6. The molecule has 0 saturated carbocycles. The molecule has 0 rings (SSSR count). The molecule has 16 N–H and O–H groups in total. The molecule has 0 amide bonds. The van der Waals surface area contributed by atoms with Crippen molar-refractivity contribution in [2.45, 2.75) is 0 Å². The van der Waals surface area contributed by atoms with Crippen LogP contribution in [0.25, 0.3) is 0 Å². The minimum absolute atomic E-state index is 0. The monoisotopic (exact) mass is 512 g/mol. The summed E-state index contributed by atoms with van der Waals surface area (Å²) >= 11 is 0. The van der Waals surface area contributed by atoms with Gasteiger partial charge in [-0.2, -0.15) is 0 Å². The Morgan fingerprint density at radius 1 is 0.333 bits per heavy atom. The van der Waals surface area contributed by atoms with Crippen LogP contribution in [0.2, 0.25) is 0 Å². The molecule has 0 aromatic carbocycles. The fourth-order valence-electron chi connectivity index (χ4n) is 0. The van der Waals surface area contributed by atoms with E-state index >= 15 is 0 Å². The standard InChI is InChI=1S/2Ca.4H3O4P.2H2O.4H/c;;4*1-5(2,3)4;;;;;;/h;;4*(H3,1,2,3,4);2*1H2;;;;. The van der Waals surface area contributed by atoms with E-state index in [9.17, 15) is 0 Å². The van der Waals surface area contributed by atoms with E-state index in [0.29, 0.717) is 0 Å². The Morgan fingerprint density at radius 2 is 0.333 bits per heavy atom. The second-order valence-corrected chi connectivity index (χ2v) is 6.16. The molecule has 0 aromatic heterocycles. The van der Waals surface area contributed by atoms with E-state index in [1.54, 1.807) is 0 Å². The Kier molecular flexibility index (Phi) is 46.7. The van der Waals surface area contributed by atoms with E-state index in [0.717, 1.165) is 0 Å². The van der Waals surface area contributed by atoms with Crippen LogP contribution >= 0.6 is 31.3 Å². The van der Waals surface area contributed by atoms with Crippen molar-refractivity contribution in [1.29, 1.82) is 0 Å². The predicted molar refractivity (Wildman–Crippen MR) is 81.4 cm³/mol. The van der Waals surface area contributed by atoms with Gasteiger partial charge in [-0.25, -0.2) is 18.3 Å². The van der Waals surface area contributed by atoms with Crippen molar-refractivity contribution in [3.8, 4) is 0 Å². The molecule has 0 aliphatic rings. The quantitative estimate of drug-likeness (QED) is 0.106. The molecular formula is H20Ca2O18P4. The van der Waals surface area contributed by atoms with Crippen molar-refractivity contribution in [2.75, 3.05) is 0 Å². The first-order valence-electron chi connectivity index (χ1n) is 3.13. The second kappa shape index (κ2) is 22.2. The fraction of sp³-hybridized carbons (Fsp3) is 0. The third-order valence-corrected chi connectivity index (χ3v) is 0. The number of hydrogen-bond donors (Lipinski definition) is 12. The molecule has 0 fully saturated rings. The van der Waals surface area contributed by atoms with E-state index in [4.69, 9.17) is 77.0 Å². The SMILES string of the molecule is O.O.O=P(O)(O)O.O=P(O)(O)O.O=P(O)(O)O.O=P(O)(O)O.[CaH2].[CaH2]. The Hall–Kier alpha value is 2.88. The maximum absolute atomic E-state index is 8.88. The van der Waals surface area contributed by atoms with Crippen LogP contribution in [0.1, 0.15) is 0 Å². The zero-order chi connectivity index (χ0) is 18.0. The Bertz CT molecular complexity index is 290. The molecule has 152 valence electrons. The summed E-state index contributed by atoms with van der Waals surface area (Å²) in [5, 5.41) is 0. The molecule has 18 nitrogen and oxygen atoms in total. The van der Waals surface area contributed by atoms with Crippen LogP contribution in [0.4, 0.5) is 0 Å². The van der Waals surface area contributed by atoms with Crippen LogP contribution in [0.5, 0.6) is 0 Å². The van der Waals surface area contributed by atoms with Gasteiger partial charge in [0.25, 0.3) is 0 Å². The summed E-state index contributed by atoms with van der Waals surface area (Å²) in [5.74, 6) is 0. The number of rotatable bonds is 0. The van der Waals surface area contributed by atoms with Crippen molar-refractivity contribution >= 4 is 107 Å². The molecule has 0 atom stereocenters. The van der Waals surface area contributed by atoms with Gasteiger partial charge in [-0.1, -0.05) is 0 Å². The van der Waals surface area contributed by atoms with E-state index in [-0.39, 0.29) is 86.4 Å². The van der Waals surface area contributed by atoms with Crippen molar-refractivity contribution < 1.29 is 87.9 Å². The fourth-order valence-corrected chi connectivity index (χ4v) is 0. The van der Waals surface area contributed by atoms with Crippen molar-refractivity contribution in [2.24, 2.45) is 0 Å². The average Bonchev–Trinajstić information content (AvgIpc) is 1.62. The molecule has 0 aliphatic carbocycles. The molecule has 0 aromatic rings. The van der Waals surface area contributed by atoms with Crippen LogP contribution in [-0.4, -0.2) is 145 Å². The summed E-state index contributed by atoms with van der Waals surface area (Å²) in [5.41, 5.74) is 0. The molecule has 0 saturated heterocycles. The second-order valence-electron chi connectivity index (χ2n) is 2.05. The minimum atomic E-state index is -4.64. The predicted octanol–water partition coefficient (Wildman–Crippen LogP) is -7.20. The molecule has 0 heterocycles. The molecule has 0 aliphatic heterocycles. The van der Waals surface area contributed by atoms with Crippen LogP contribution in [-0.2, 0) is 18.3 Å². The summed E-state index contributed by atoms with van der Waals surface area (Å²) < 4.78 is 35.5. The van der Waals surface area contributed by atoms with Gasteiger partial charge in [-0.05, 0) is 0 Å². The van der Waals surface area contributed by atoms with E-state index in [2.05, 4.69) is 0 Å². The first-order chi connectivity index (χ1) is 8.00. The molecule has 0 spiro atoms. The van der Waals surface area contributed by atoms with E-state index in [1.165, 1.54) is 0 Å². The Labute approximate surface area is 192 Å². The van der Waals surface area contributed by atoms with Gasteiger partial charge in [0.15, 0.2) is 0 Å². The van der Waals surface area contributed by atoms with Crippen molar-refractivity contribution in [3.05, 3.63) is 0 Å². The van der Waals surface area contributed by atoms with Gasteiger partial charge in [-0.3, -0.25) is 0 Å². The average molecular weight is 512 g/mol. The van der Waals surface area contributed by atoms with Crippen molar-refractivity contribution in [3.63, 3.8) is 0 Å². The summed E-state index contributed by atoms with van der Waals surface area (Å²) in [6.45, 7) is 0. The van der Waals surface area contributed by atoms with E-state index < -0.39 is 31.3 Å². The zero-order valence-corrected chi connectivity index (χ0v) is 13.4. The normalized spacial score (nSPS) is 9.83. The molecule has 0 radical (unpaired) electrons. The Morgan fingerprint density at radius 3 is 0.333 bits per heavy atom. The van der Waals surface area contributed by atoms with Gasteiger partial charge in [0.05, 0.1) is 0 Å². The number of phosphoric acid groups is 4. The first kappa shape index (κ1) is 50.5. The first-order valence-corrected chi connectivity index (χ1v) is 9.39. The van der Waals surface area contributed by atoms with Gasteiger partial charge in [0, 0.05) is 0 Å². The summed E-state index contributed by atoms with van der Waals surface area (Å²) in [6, 6.07) is 0. The topological polar surface area (TPSA) is 374 Å². The summed E-state index contributed by atoms with van der Waals surface area (Å²) in [4.78, 5) is 86.2. The van der Waals surface area contributed by atoms with Gasteiger partial charge in [-0.15, -0.1) is 0 Å². The molecule has 0 unspecified atom stereocenters. The van der Waals surface area contributed by atoms with Gasteiger partial charge < -0.3 is 69.7 Å². The third kappa shape index (κ3) is 1710. The van der Waals surface area contributed by atoms with Gasteiger partial charge in [0.1, 0.15) is 0 Å². The van der Waals surface area contributed by atoms with Crippen LogP contribution in [0, 0.1) is 0 Å². The summed E-state index contributed by atoms with van der Waals surface area (Å²) in [6.07, 6.45) is 0. The number of hydrogen-bond acceptors (Lipinski definition) is 4. The maximum atomic E-state index is 8.88. The van der Waals surface area contributed by atoms with E-state index in [1.807, 2.05) is 0 Å². The molecular weight excluding hydrogens is 492 g/mol. The van der Waals surface area contributed by atoms with Gasteiger partial charge in [0.2, 0.25) is 0 Å². The molecule has 24 heteroatoms. The molecule has 24 heavy (non-hydrogen) atoms. The van der Waals surface area contributed by atoms with Crippen LogP contribution in [0.3, 0.4) is 0 Å². The van der Waals surface area contributed by atoms with Gasteiger partial charge >= 0.3 is 107 Å².